The number of nitrogens with one attached hydrogen (secondary N) is 1. The normalized spacial score (nSPS) is 15.6. The summed E-state index contributed by atoms with van der Waals surface area (Å²) in [5, 5.41) is 7.57. The zero-order valence-corrected chi connectivity index (χ0v) is 15.7. The van der Waals surface area contributed by atoms with Crippen molar-refractivity contribution in [1.29, 1.82) is 0 Å². The molecule has 0 spiro atoms. The fourth-order valence-electron chi connectivity index (χ4n) is 3.50. The predicted molar refractivity (Wildman–Crippen MR) is 100 cm³/mol. The van der Waals surface area contributed by atoms with Gasteiger partial charge in [0.2, 0.25) is 0 Å². The second-order valence-corrected chi connectivity index (χ2v) is 6.96. The minimum Gasteiger partial charge on any atom is -0.381 e. The number of nitrogens with zero attached hydrogens (tertiary/aromatic N) is 3. The summed E-state index contributed by atoms with van der Waals surface area (Å²) in [6.45, 7) is 1.13. The van der Waals surface area contributed by atoms with E-state index in [0.29, 0.717) is 37.1 Å². The van der Waals surface area contributed by atoms with E-state index >= 15 is 0 Å². The quantitative estimate of drug-likeness (QED) is 0.725. The Morgan fingerprint density at radius 3 is 2.69 bits per heavy atom. The van der Waals surface area contributed by atoms with Crippen LogP contribution in [-0.2, 0) is 18.0 Å². The highest BCUT2D eigenvalue weighted by atomic mass is 19.4. The zero-order chi connectivity index (χ0) is 20.6. The molecule has 1 aromatic carbocycles. The van der Waals surface area contributed by atoms with Crippen molar-refractivity contribution in [2.75, 3.05) is 13.2 Å². The third-order valence-corrected chi connectivity index (χ3v) is 5.01. The topological polar surface area (TPSA) is 69.0 Å². The van der Waals surface area contributed by atoms with Crippen molar-refractivity contribution in [2.24, 2.45) is 7.05 Å². The molecule has 1 aliphatic rings. The fraction of sp³-hybridized carbons (Fsp3) is 0.350. The molecule has 6 nitrogen and oxygen atoms in total. The SMILES string of the molecule is Cn1ncc2c(C(=O)NC3CCOCC3)cc(-c3ccccc3C(F)(F)F)nc21. The molecule has 1 saturated heterocycles. The van der Waals surface area contributed by atoms with Gasteiger partial charge in [0.25, 0.3) is 5.91 Å². The molecule has 4 rings (SSSR count). The Morgan fingerprint density at radius 1 is 1.24 bits per heavy atom. The number of benzene rings is 1. The summed E-state index contributed by atoms with van der Waals surface area (Å²) >= 11 is 0. The average molecular weight is 404 g/mol. The minimum absolute atomic E-state index is 0.0398. The average Bonchev–Trinajstić information content (AvgIpc) is 3.08. The van der Waals surface area contributed by atoms with Crippen LogP contribution in [0, 0.1) is 0 Å². The largest absolute Gasteiger partial charge is 0.417 e. The lowest BCUT2D eigenvalue weighted by Gasteiger charge is -2.23. The Morgan fingerprint density at radius 2 is 1.97 bits per heavy atom. The van der Waals surface area contributed by atoms with Crippen molar-refractivity contribution in [3.05, 3.63) is 47.7 Å². The van der Waals surface area contributed by atoms with E-state index in [0.717, 1.165) is 6.07 Å². The van der Waals surface area contributed by atoms with Gasteiger partial charge in [0.1, 0.15) is 0 Å². The Hall–Kier alpha value is -2.94. The summed E-state index contributed by atoms with van der Waals surface area (Å²) < 4.78 is 47.2. The molecule has 3 heterocycles. The van der Waals surface area contributed by atoms with Crippen molar-refractivity contribution in [3.8, 4) is 11.3 Å². The van der Waals surface area contributed by atoms with E-state index in [1.165, 1.54) is 35.1 Å². The molecule has 0 aliphatic carbocycles. The minimum atomic E-state index is -4.54. The molecular weight excluding hydrogens is 385 g/mol. The maximum absolute atomic E-state index is 13.5. The Labute approximate surface area is 164 Å². The van der Waals surface area contributed by atoms with Gasteiger partial charge in [0.05, 0.1) is 28.4 Å². The molecule has 1 amide bonds. The number of carbonyl (C=O) groups excluding carboxylic acids is 1. The first-order valence-electron chi connectivity index (χ1n) is 9.22. The standard InChI is InChI=1S/C20H19F3N4O2/c1-27-18-15(11-24-27)14(19(28)25-12-6-8-29-9-7-12)10-17(26-18)13-4-2-3-5-16(13)20(21,22)23/h2-5,10-12H,6-9H2,1H3,(H,25,28). The lowest BCUT2D eigenvalue weighted by molar-refractivity contribution is -0.137. The van der Waals surface area contributed by atoms with Crippen LogP contribution in [0.2, 0.25) is 0 Å². The van der Waals surface area contributed by atoms with E-state index < -0.39 is 11.7 Å². The van der Waals surface area contributed by atoms with Crippen LogP contribution in [0.15, 0.2) is 36.5 Å². The highest BCUT2D eigenvalue weighted by Gasteiger charge is 2.34. The van der Waals surface area contributed by atoms with E-state index in [1.54, 1.807) is 7.05 Å². The fourth-order valence-corrected chi connectivity index (χ4v) is 3.50. The van der Waals surface area contributed by atoms with Crippen LogP contribution in [0.5, 0.6) is 0 Å². The van der Waals surface area contributed by atoms with Crippen LogP contribution in [0.4, 0.5) is 13.2 Å². The lowest BCUT2D eigenvalue weighted by Crippen LogP contribution is -2.39. The van der Waals surface area contributed by atoms with Crippen molar-refractivity contribution in [3.63, 3.8) is 0 Å². The van der Waals surface area contributed by atoms with Gasteiger partial charge < -0.3 is 10.1 Å². The third-order valence-electron chi connectivity index (χ3n) is 5.01. The molecule has 0 radical (unpaired) electrons. The van der Waals surface area contributed by atoms with Gasteiger partial charge in [-0.15, -0.1) is 0 Å². The van der Waals surface area contributed by atoms with Gasteiger partial charge in [-0.25, -0.2) is 4.98 Å². The van der Waals surface area contributed by atoms with E-state index in [-0.39, 0.29) is 28.8 Å². The maximum atomic E-state index is 13.5. The van der Waals surface area contributed by atoms with E-state index in [9.17, 15) is 18.0 Å². The molecule has 0 bridgehead atoms. The molecule has 1 aliphatic heterocycles. The second kappa shape index (κ2) is 7.47. The number of fused-ring (bicyclic) bond motifs is 1. The van der Waals surface area contributed by atoms with Gasteiger partial charge in [-0.3, -0.25) is 9.48 Å². The second-order valence-electron chi connectivity index (χ2n) is 6.96. The number of aryl methyl sites for hydroxylation is 1. The van der Waals surface area contributed by atoms with E-state index in [4.69, 9.17) is 4.74 Å². The molecule has 3 aromatic rings. The molecular formula is C20H19F3N4O2. The number of halogens is 3. The molecule has 29 heavy (non-hydrogen) atoms. The van der Waals surface area contributed by atoms with Crippen molar-refractivity contribution >= 4 is 16.9 Å². The first-order chi connectivity index (χ1) is 13.8. The van der Waals surface area contributed by atoms with Crippen LogP contribution < -0.4 is 5.32 Å². The smallest absolute Gasteiger partial charge is 0.381 e. The highest BCUT2D eigenvalue weighted by molar-refractivity contribution is 6.06. The number of ether oxygens (including phenoxy) is 1. The van der Waals surface area contributed by atoms with Gasteiger partial charge in [-0.05, 0) is 25.0 Å². The van der Waals surface area contributed by atoms with Crippen molar-refractivity contribution < 1.29 is 22.7 Å². The number of carbonyl (C=O) groups is 1. The van der Waals surface area contributed by atoms with Gasteiger partial charge >= 0.3 is 6.18 Å². The third kappa shape index (κ3) is 3.82. The van der Waals surface area contributed by atoms with Crippen molar-refractivity contribution in [1.82, 2.24) is 20.1 Å². The monoisotopic (exact) mass is 404 g/mol. The Kier molecular flexibility index (Phi) is 4.99. The van der Waals surface area contributed by atoms with Gasteiger partial charge in [-0.2, -0.15) is 18.3 Å². The van der Waals surface area contributed by atoms with Crippen LogP contribution in [0.25, 0.3) is 22.3 Å². The number of hydrogen-bond acceptors (Lipinski definition) is 4. The Balaban J connectivity index is 1.81. The molecule has 152 valence electrons. The van der Waals surface area contributed by atoms with Crippen LogP contribution in [-0.4, -0.2) is 39.9 Å². The number of pyridine rings is 1. The number of aromatic nitrogens is 3. The summed E-state index contributed by atoms with van der Waals surface area (Å²) in [6.07, 6.45) is -1.65. The lowest BCUT2D eigenvalue weighted by atomic mass is 10.0. The summed E-state index contributed by atoms with van der Waals surface area (Å²) in [7, 11) is 1.63. The molecule has 1 fully saturated rings. The zero-order valence-electron chi connectivity index (χ0n) is 15.7. The molecule has 9 heteroatoms. The molecule has 0 unspecified atom stereocenters. The number of alkyl halides is 3. The predicted octanol–water partition coefficient (Wildman–Crippen LogP) is 3.56. The molecule has 0 saturated carbocycles. The first-order valence-corrected chi connectivity index (χ1v) is 9.22. The Bertz CT molecular complexity index is 1060. The van der Waals surface area contributed by atoms with Crippen molar-refractivity contribution in [2.45, 2.75) is 25.1 Å². The summed E-state index contributed by atoms with van der Waals surface area (Å²) in [5.41, 5.74) is -0.211. The van der Waals surface area contributed by atoms with Crippen LogP contribution in [0.1, 0.15) is 28.8 Å². The molecule has 1 N–H and O–H groups in total. The highest BCUT2D eigenvalue weighted by Crippen LogP contribution is 2.37. The van der Waals surface area contributed by atoms with E-state index in [1.807, 2.05) is 0 Å². The molecule has 2 aromatic heterocycles. The molecule has 0 atom stereocenters. The van der Waals surface area contributed by atoms with Gasteiger partial charge in [0, 0.05) is 31.9 Å². The van der Waals surface area contributed by atoms with Gasteiger partial charge in [-0.1, -0.05) is 18.2 Å². The van der Waals surface area contributed by atoms with Crippen LogP contribution in [0.3, 0.4) is 0 Å². The summed E-state index contributed by atoms with van der Waals surface area (Å²) in [6, 6.07) is 6.57. The maximum Gasteiger partial charge on any atom is 0.417 e. The first kappa shape index (κ1) is 19.4. The van der Waals surface area contributed by atoms with Gasteiger partial charge in [0.15, 0.2) is 5.65 Å². The number of rotatable bonds is 3. The summed E-state index contributed by atoms with van der Waals surface area (Å²) in [4.78, 5) is 17.3. The van der Waals surface area contributed by atoms with Crippen LogP contribution >= 0.6 is 0 Å². The number of hydrogen-bond donors (Lipinski definition) is 1. The summed E-state index contributed by atoms with van der Waals surface area (Å²) in [5.74, 6) is -0.358. The number of amides is 1. The van der Waals surface area contributed by atoms with E-state index in [2.05, 4.69) is 15.4 Å².